The minimum atomic E-state index is -0.872. The summed E-state index contributed by atoms with van der Waals surface area (Å²) >= 11 is 0. The molecule has 1 atom stereocenters. The first-order chi connectivity index (χ1) is 18.9. The van der Waals surface area contributed by atoms with Crippen LogP contribution >= 0.6 is 0 Å². The zero-order chi connectivity index (χ0) is 27.0. The molecule has 3 aromatic rings. The van der Waals surface area contributed by atoms with E-state index in [4.69, 9.17) is 10.7 Å². The number of piperidine rings is 2. The number of aryl methyl sites for hydroxylation is 2. The summed E-state index contributed by atoms with van der Waals surface area (Å²) in [7, 11) is 1.95. The normalized spacial score (nSPS) is 22.7. The lowest BCUT2D eigenvalue weighted by molar-refractivity contribution is 0.167. The summed E-state index contributed by atoms with van der Waals surface area (Å²) in [6.07, 6.45) is 6.99. The van der Waals surface area contributed by atoms with Gasteiger partial charge in [0.25, 0.3) is 0 Å². The molecule has 206 valence electrons. The van der Waals surface area contributed by atoms with Crippen LogP contribution in [0.5, 0.6) is 0 Å². The molecule has 0 amide bonds. The maximum Gasteiger partial charge on any atom is 0.229 e. The first-order valence-electron chi connectivity index (χ1n) is 14.5. The lowest BCUT2D eigenvalue weighted by atomic mass is 9.88. The second-order valence-corrected chi connectivity index (χ2v) is 11.7. The van der Waals surface area contributed by atoms with Crippen molar-refractivity contribution in [2.45, 2.75) is 51.1 Å². The van der Waals surface area contributed by atoms with Gasteiger partial charge in [-0.2, -0.15) is 4.98 Å². The SMILES string of the molecule is Cc1cccc(C)c1C1(N)NN(C)c2nc(Nc3ccc(C4CCN(CC5CCNCC5)CC4)cc3)ncc21. The number of nitrogens with two attached hydrogens (primary N) is 1. The zero-order valence-electron chi connectivity index (χ0n) is 23.5. The minimum Gasteiger partial charge on any atom is -0.324 e. The molecular weight excluding hydrogens is 484 g/mol. The molecule has 8 heteroatoms. The largest absolute Gasteiger partial charge is 0.324 e. The fraction of sp³-hybridized carbons (Fsp3) is 0.484. The number of fused-ring (bicyclic) bond motifs is 1. The summed E-state index contributed by atoms with van der Waals surface area (Å²) in [6.45, 7) is 10.3. The molecule has 39 heavy (non-hydrogen) atoms. The van der Waals surface area contributed by atoms with Crippen LogP contribution in [-0.2, 0) is 5.66 Å². The molecule has 0 spiro atoms. The maximum absolute atomic E-state index is 6.97. The van der Waals surface area contributed by atoms with Crippen LogP contribution in [0.1, 0.15) is 59.4 Å². The topological polar surface area (TPSA) is 94.4 Å². The monoisotopic (exact) mass is 526 g/mol. The van der Waals surface area contributed by atoms with E-state index in [0.29, 0.717) is 11.9 Å². The van der Waals surface area contributed by atoms with E-state index < -0.39 is 5.66 Å². The third-order valence-corrected chi connectivity index (χ3v) is 8.93. The van der Waals surface area contributed by atoms with Gasteiger partial charge in [-0.3, -0.25) is 5.01 Å². The number of nitrogens with zero attached hydrogens (tertiary/aromatic N) is 4. The molecule has 2 saturated heterocycles. The van der Waals surface area contributed by atoms with Crippen molar-refractivity contribution in [3.8, 4) is 0 Å². The molecule has 0 aliphatic carbocycles. The van der Waals surface area contributed by atoms with Crippen molar-refractivity contribution in [3.63, 3.8) is 0 Å². The van der Waals surface area contributed by atoms with Gasteiger partial charge in [-0.1, -0.05) is 30.3 Å². The Labute approximate surface area is 232 Å². The van der Waals surface area contributed by atoms with Crippen molar-refractivity contribution in [3.05, 3.63) is 76.5 Å². The molecule has 5 N–H and O–H groups in total. The number of hydrazine groups is 1. The Kier molecular flexibility index (Phi) is 7.29. The van der Waals surface area contributed by atoms with Gasteiger partial charge < -0.3 is 21.3 Å². The van der Waals surface area contributed by atoms with E-state index in [1.165, 1.54) is 64.0 Å². The standard InChI is InChI=1S/C31H42N8/c1-21-5-4-6-22(2)28(21)31(32)27-19-34-30(36-29(27)38(3)37-31)35-26-9-7-24(8-10-26)25-13-17-39(18-14-25)20-23-11-15-33-16-12-23/h4-10,19,23,25,33,37H,11-18,20,32H2,1-3H3,(H,34,35,36). The van der Waals surface area contributed by atoms with Crippen LogP contribution in [0.15, 0.2) is 48.7 Å². The van der Waals surface area contributed by atoms with Crippen molar-refractivity contribution in [2.75, 3.05) is 50.1 Å². The number of hydrogen-bond acceptors (Lipinski definition) is 8. The Morgan fingerprint density at radius 3 is 2.38 bits per heavy atom. The van der Waals surface area contributed by atoms with Crippen molar-refractivity contribution in [1.29, 1.82) is 0 Å². The molecular formula is C31H42N8. The molecule has 1 aromatic heterocycles. The smallest absolute Gasteiger partial charge is 0.229 e. The number of nitrogens with one attached hydrogen (secondary N) is 3. The van der Waals surface area contributed by atoms with Crippen molar-refractivity contribution in [2.24, 2.45) is 11.7 Å². The van der Waals surface area contributed by atoms with E-state index in [0.717, 1.165) is 39.7 Å². The van der Waals surface area contributed by atoms with Gasteiger partial charge in [-0.15, -0.1) is 0 Å². The van der Waals surface area contributed by atoms with Crippen molar-refractivity contribution in [1.82, 2.24) is 25.6 Å². The number of benzene rings is 2. The molecule has 6 rings (SSSR count). The number of rotatable bonds is 6. The molecule has 2 fully saturated rings. The van der Waals surface area contributed by atoms with Crippen molar-refractivity contribution >= 4 is 17.5 Å². The lowest BCUT2D eigenvalue weighted by Gasteiger charge is -2.35. The van der Waals surface area contributed by atoms with Crippen LogP contribution in [0.2, 0.25) is 0 Å². The molecule has 8 nitrogen and oxygen atoms in total. The average molecular weight is 527 g/mol. The van der Waals surface area contributed by atoms with Crippen LogP contribution in [0.3, 0.4) is 0 Å². The summed E-state index contributed by atoms with van der Waals surface area (Å²) in [5.41, 5.74) is 16.2. The molecule has 0 bridgehead atoms. The molecule has 0 saturated carbocycles. The molecule has 0 radical (unpaired) electrons. The molecule has 2 aromatic carbocycles. The number of anilines is 3. The van der Waals surface area contributed by atoms with Crippen LogP contribution in [-0.4, -0.2) is 54.6 Å². The fourth-order valence-electron chi connectivity index (χ4n) is 6.82. The summed E-state index contributed by atoms with van der Waals surface area (Å²) in [6, 6.07) is 15.1. The van der Waals surface area contributed by atoms with Gasteiger partial charge in [0.15, 0.2) is 5.82 Å². The summed E-state index contributed by atoms with van der Waals surface area (Å²) in [4.78, 5) is 12.2. The second kappa shape index (κ2) is 10.8. The highest BCUT2D eigenvalue weighted by atomic mass is 15.6. The van der Waals surface area contributed by atoms with Crippen LogP contribution in [0.25, 0.3) is 0 Å². The predicted molar refractivity (Wildman–Crippen MR) is 158 cm³/mol. The Balaban J connectivity index is 1.10. The quantitative estimate of drug-likeness (QED) is 0.381. The zero-order valence-corrected chi connectivity index (χ0v) is 23.5. The van der Waals surface area contributed by atoms with Crippen molar-refractivity contribution < 1.29 is 0 Å². The summed E-state index contributed by atoms with van der Waals surface area (Å²) in [5.74, 6) is 2.86. The minimum absolute atomic E-state index is 0.562. The van der Waals surface area contributed by atoms with Gasteiger partial charge in [-0.25, -0.2) is 10.4 Å². The van der Waals surface area contributed by atoms with E-state index in [9.17, 15) is 0 Å². The van der Waals surface area contributed by atoms with Gasteiger partial charge in [-0.05, 0) is 112 Å². The first-order valence-corrected chi connectivity index (χ1v) is 14.5. The fourth-order valence-corrected chi connectivity index (χ4v) is 6.82. The van der Waals surface area contributed by atoms with Crippen LogP contribution in [0.4, 0.5) is 17.5 Å². The van der Waals surface area contributed by atoms with E-state index in [-0.39, 0.29) is 0 Å². The Hall–Kier alpha value is -3.04. The molecule has 3 aliphatic rings. The Morgan fingerprint density at radius 1 is 1.00 bits per heavy atom. The average Bonchev–Trinajstić information content (AvgIpc) is 3.19. The van der Waals surface area contributed by atoms with E-state index in [1.54, 1.807) is 0 Å². The summed E-state index contributed by atoms with van der Waals surface area (Å²) < 4.78 is 0. The highest BCUT2D eigenvalue weighted by molar-refractivity contribution is 5.63. The highest BCUT2D eigenvalue weighted by Gasteiger charge is 2.43. The highest BCUT2D eigenvalue weighted by Crippen LogP contribution is 2.39. The Morgan fingerprint density at radius 2 is 1.69 bits per heavy atom. The number of hydrogen-bond donors (Lipinski definition) is 4. The van der Waals surface area contributed by atoms with Gasteiger partial charge in [0, 0.05) is 25.5 Å². The number of aromatic nitrogens is 2. The van der Waals surface area contributed by atoms with E-state index in [2.05, 4.69) is 82.3 Å². The van der Waals surface area contributed by atoms with Crippen LogP contribution < -0.4 is 26.8 Å². The van der Waals surface area contributed by atoms with Gasteiger partial charge in [0.05, 0.1) is 5.56 Å². The predicted octanol–water partition coefficient (Wildman–Crippen LogP) is 4.13. The Bertz CT molecular complexity index is 1270. The number of likely N-dealkylation sites (tertiary alicyclic amines) is 1. The molecule has 3 aliphatic heterocycles. The lowest BCUT2D eigenvalue weighted by Crippen LogP contribution is -2.52. The van der Waals surface area contributed by atoms with Gasteiger partial charge in [0.1, 0.15) is 5.66 Å². The van der Waals surface area contributed by atoms with Gasteiger partial charge in [0.2, 0.25) is 5.95 Å². The van der Waals surface area contributed by atoms with E-state index >= 15 is 0 Å². The van der Waals surface area contributed by atoms with Crippen LogP contribution in [0, 0.1) is 19.8 Å². The first kappa shape index (κ1) is 26.2. The summed E-state index contributed by atoms with van der Waals surface area (Å²) in [5, 5.41) is 8.78. The van der Waals surface area contributed by atoms with E-state index in [1.807, 2.05) is 18.3 Å². The second-order valence-electron chi connectivity index (χ2n) is 11.7. The maximum atomic E-state index is 6.97. The molecule has 4 heterocycles. The third-order valence-electron chi connectivity index (χ3n) is 8.93. The molecule has 1 unspecified atom stereocenters. The third kappa shape index (κ3) is 5.26. The van der Waals surface area contributed by atoms with Gasteiger partial charge >= 0.3 is 0 Å².